The molecule has 1 rings (SSSR count). The van der Waals surface area contributed by atoms with Gasteiger partial charge in [-0.15, -0.1) is 0 Å². The summed E-state index contributed by atoms with van der Waals surface area (Å²) in [6.45, 7) is 8.40. The molecule has 0 aromatic carbocycles. The third kappa shape index (κ3) is 5.07. The average Bonchev–Trinajstić information content (AvgIpc) is 2.62. The number of thiocarbonyl (C=S) groups is 1. The van der Waals surface area contributed by atoms with Gasteiger partial charge in [-0.05, 0) is 33.6 Å². The van der Waals surface area contributed by atoms with E-state index in [-0.39, 0.29) is 18.0 Å². The minimum Gasteiger partial charge on any atom is -0.392 e. The second kappa shape index (κ2) is 7.80. The normalized spacial score (nSPS) is 18.5. The maximum absolute atomic E-state index is 12.6. The molecule has 1 saturated heterocycles. The Morgan fingerprint density at radius 2 is 1.74 bits per heavy atom. The van der Waals surface area contributed by atoms with Gasteiger partial charge in [0.15, 0.2) is 0 Å². The summed E-state index contributed by atoms with van der Waals surface area (Å²) in [7, 11) is 0. The summed E-state index contributed by atoms with van der Waals surface area (Å²) >= 11 is 4.99. The van der Waals surface area contributed by atoms with Gasteiger partial charge in [-0.25, -0.2) is 0 Å². The molecule has 2 N–H and O–H groups in total. The minimum absolute atomic E-state index is 0.153. The molecule has 1 aliphatic heterocycles. The number of carbonyl (C=O) groups excluding carboxylic acids is 1. The summed E-state index contributed by atoms with van der Waals surface area (Å²) in [5.74, 6) is 0.215. The van der Waals surface area contributed by atoms with Gasteiger partial charge in [0.25, 0.3) is 0 Å². The highest BCUT2D eigenvalue weighted by Crippen LogP contribution is 2.14. The predicted molar refractivity (Wildman–Crippen MR) is 83.1 cm³/mol. The smallest absolute Gasteiger partial charge is 0.239 e. The van der Waals surface area contributed by atoms with E-state index < -0.39 is 0 Å². The molecule has 5 heteroatoms. The van der Waals surface area contributed by atoms with Crippen molar-refractivity contribution in [2.75, 3.05) is 19.6 Å². The van der Waals surface area contributed by atoms with Crippen LogP contribution < -0.4 is 5.73 Å². The van der Waals surface area contributed by atoms with Crippen LogP contribution in [0.3, 0.4) is 0 Å². The molecule has 1 heterocycles. The number of nitrogens with two attached hydrogens (primary N) is 1. The molecule has 1 atom stereocenters. The third-order valence-corrected chi connectivity index (χ3v) is 3.90. The first-order chi connectivity index (χ1) is 8.93. The van der Waals surface area contributed by atoms with Crippen LogP contribution in [0.5, 0.6) is 0 Å². The van der Waals surface area contributed by atoms with Gasteiger partial charge in [0, 0.05) is 25.7 Å². The molecule has 0 aliphatic carbocycles. The van der Waals surface area contributed by atoms with Gasteiger partial charge >= 0.3 is 0 Å². The first-order valence-electron chi connectivity index (χ1n) is 7.26. The number of nitrogens with zero attached hydrogens (tertiary/aromatic N) is 2. The molecule has 0 saturated carbocycles. The minimum atomic E-state index is -0.153. The van der Waals surface area contributed by atoms with Gasteiger partial charge in [-0.2, -0.15) is 0 Å². The van der Waals surface area contributed by atoms with E-state index in [2.05, 4.69) is 18.7 Å². The zero-order valence-electron chi connectivity index (χ0n) is 12.4. The molecule has 1 fully saturated rings. The summed E-state index contributed by atoms with van der Waals surface area (Å²) in [6, 6.07) is 0.104. The highest BCUT2D eigenvalue weighted by molar-refractivity contribution is 7.80. The van der Waals surface area contributed by atoms with E-state index in [0.717, 1.165) is 25.9 Å². The molecular weight excluding hydrogens is 258 g/mol. The van der Waals surface area contributed by atoms with Crippen molar-refractivity contribution in [2.24, 2.45) is 5.73 Å². The number of rotatable bonds is 5. The second-order valence-corrected chi connectivity index (χ2v) is 6.17. The summed E-state index contributed by atoms with van der Waals surface area (Å²) in [4.78, 5) is 17.1. The van der Waals surface area contributed by atoms with E-state index in [1.165, 1.54) is 12.8 Å². The SMILES string of the molecule is CC(C)N(CC(N)=S)C(C)C(=O)N1CCCCCC1. The van der Waals surface area contributed by atoms with E-state index in [0.29, 0.717) is 11.5 Å². The Hall–Kier alpha value is -0.680. The zero-order valence-corrected chi connectivity index (χ0v) is 13.2. The summed E-state index contributed by atoms with van der Waals surface area (Å²) in [5, 5.41) is 0. The molecule has 4 nitrogen and oxygen atoms in total. The topological polar surface area (TPSA) is 49.6 Å². The first-order valence-corrected chi connectivity index (χ1v) is 7.67. The Kier molecular flexibility index (Phi) is 6.72. The van der Waals surface area contributed by atoms with Crippen molar-refractivity contribution in [2.45, 2.75) is 58.5 Å². The lowest BCUT2D eigenvalue weighted by Crippen LogP contribution is -2.52. The van der Waals surface area contributed by atoms with Crippen molar-refractivity contribution in [3.63, 3.8) is 0 Å². The van der Waals surface area contributed by atoms with Crippen molar-refractivity contribution < 1.29 is 4.79 Å². The molecule has 0 bridgehead atoms. The van der Waals surface area contributed by atoms with Gasteiger partial charge in [0.1, 0.15) is 0 Å². The Balaban J connectivity index is 2.68. The lowest BCUT2D eigenvalue weighted by molar-refractivity contribution is -0.136. The Morgan fingerprint density at radius 3 is 2.16 bits per heavy atom. The lowest BCUT2D eigenvalue weighted by Gasteiger charge is -2.34. The van der Waals surface area contributed by atoms with Crippen molar-refractivity contribution in [1.82, 2.24) is 9.80 Å². The number of amides is 1. The van der Waals surface area contributed by atoms with E-state index in [9.17, 15) is 4.79 Å². The molecule has 1 amide bonds. The van der Waals surface area contributed by atoms with Crippen LogP contribution in [0, 0.1) is 0 Å². The summed E-state index contributed by atoms with van der Waals surface area (Å²) in [5.41, 5.74) is 5.64. The van der Waals surface area contributed by atoms with Crippen LogP contribution in [0.1, 0.15) is 46.5 Å². The van der Waals surface area contributed by atoms with Gasteiger partial charge in [0.05, 0.1) is 11.0 Å². The zero-order chi connectivity index (χ0) is 14.4. The number of carbonyl (C=O) groups is 1. The Labute approximate surface area is 122 Å². The molecule has 0 spiro atoms. The van der Waals surface area contributed by atoms with Crippen LogP contribution in [-0.2, 0) is 4.79 Å². The average molecular weight is 285 g/mol. The summed E-state index contributed by atoms with van der Waals surface area (Å²) in [6.07, 6.45) is 4.71. The third-order valence-electron chi connectivity index (χ3n) is 3.77. The van der Waals surface area contributed by atoms with Gasteiger partial charge in [0.2, 0.25) is 5.91 Å². The molecule has 19 heavy (non-hydrogen) atoms. The fraction of sp³-hybridized carbons (Fsp3) is 0.857. The quantitative estimate of drug-likeness (QED) is 0.782. The fourth-order valence-electron chi connectivity index (χ4n) is 2.64. The van der Waals surface area contributed by atoms with Crippen molar-refractivity contribution in [1.29, 1.82) is 0 Å². The van der Waals surface area contributed by atoms with Crippen LogP contribution in [0.25, 0.3) is 0 Å². The van der Waals surface area contributed by atoms with Crippen LogP contribution >= 0.6 is 12.2 Å². The fourth-order valence-corrected chi connectivity index (χ4v) is 2.79. The summed E-state index contributed by atoms with van der Waals surface area (Å²) < 4.78 is 0. The van der Waals surface area contributed by atoms with Crippen molar-refractivity contribution >= 4 is 23.1 Å². The largest absolute Gasteiger partial charge is 0.392 e. The van der Waals surface area contributed by atoms with Crippen LogP contribution in [-0.4, -0.2) is 52.4 Å². The van der Waals surface area contributed by atoms with Gasteiger partial charge < -0.3 is 10.6 Å². The molecule has 1 aliphatic rings. The molecule has 0 radical (unpaired) electrons. The van der Waals surface area contributed by atoms with Crippen LogP contribution in [0.15, 0.2) is 0 Å². The number of hydrogen-bond donors (Lipinski definition) is 1. The Bertz CT molecular complexity index is 312. The standard InChI is InChI=1S/C14H27N3OS/c1-11(2)17(10-13(15)19)12(3)14(18)16-8-6-4-5-7-9-16/h11-12H,4-10H2,1-3H3,(H2,15,19). The van der Waals surface area contributed by atoms with Gasteiger partial charge in [-0.3, -0.25) is 9.69 Å². The predicted octanol–water partition coefficient (Wildman–Crippen LogP) is 1.77. The van der Waals surface area contributed by atoms with Gasteiger partial charge in [-0.1, -0.05) is 25.1 Å². The molecule has 0 aromatic heterocycles. The molecule has 110 valence electrons. The number of likely N-dealkylation sites (tertiary alicyclic amines) is 1. The highest BCUT2D eigenvalue weighted by atomic mass is 32.1. The molecule has 0 aromatic rings. The van der Waals surface area contributed by atoms with E-state index >= 15 is 0 Å². The van der Waals surface area contributed by atoms with Crippen molar-refractivity contribution in [3.05, 3.63) is 0 Å². The van der Waals surface area contributed by atoms with E-state index in [4.69, 9.17) is 18.0 Å². The highest BCUT2D eigenvalue weighted by Gasteiger charge is 2.28. The lowest BCUT2D eigenvalue weighted by atomic mass is 10.2. The maximum Gasteiger partial charge on any atom is 0.239 e. The Morgan fingerprint density at radius 1 is 1.21 bits per heavy atom. The van der Waals surface area contributed by atoms with Crippen molar-refractivity contribution in [3.8, 4) is 0 Å². The molecule has 1 unspecified atom stereocenters. The van der Waals surface area contributed by atoms with Crippen LogP contribution in [0.4, 0.5) is 0 Å². The van der Waals surface area contributed by atoms with E-state index in [1.54, 1.807) is 0 Å². The second-order valence-electron chi connectivity index (χ2n) is 5.65. The van der Waals surface area contributed by atoms with E-state index in [1.807, 2.05) is 11.8 Å². The maximum atomic E-state index is 12.6. The first kappa shape index (κ1) is 16.4. The van der Waals surface area contributed by atoms with Crippen LogP contribution in [0.2, 0.25) is 0 Å². The number of hydrogen-bond acceptors (Lipinski definition) is 3. The monoisotopic (exact) mass is 285 g/mol. The molecular formula is C14H27N3OS.